The smallest absolute Gasteiger partial charge is 0.102 e. The van der Waals surface area contributed by atoms with Gasteiger partial charge in [-0.2, -0.15) is 0 Å². The Kier molecular flexibility index (Phi) is 5.40. The molecule has 1 aliphatic rings. The van der Waals surface area contributed by atoms with Crippen LogP contribution in [0, 0.1) is 6.92 Å². The molecule has 0 radical (unpaired) electrons. The highest BCUT2D eigenvalue weighted by molar-refractivity contribution is 5.56. The SMILES string of the molecule is CCNCc1cc(C)ccc1N1CC(OC)C(OC)C1. The van der Waals surface area contributed by atoms with E-state index in [4.69, 9.17) is 9.47 Å². The van der Waals surface area contributed by atoms with Crippen molar-refractivity contribution < 1.29 is 9.47 Å². The highest BCUT2D eigenvalue weighted by Gasteiger charge is 2.33. The summed E-state index contributed by atoms with van der Waals surface area (Å²) in [4.78, 5) is 2.37. The lowest BCUT2D eigenvalue weighted by Gasteiger charge is -2.22. The largest absolute Gasteiger partial charge is 0.377 e. The van der Waals surface area contributed by atoms with Gasteiger partial charge < -0.3 is 19.7 Å². The molecule has 4 nitrogen and oxygen atoms in total. The molecular formula is C16H26N2O2. The number of methoxy groups -OCH3 is 2. The Hall–Kier alpha value is -1.10. The second kappa shape index (κ2) is 7.07. The standard InChI is InChI=1S/C16H26N2O2/c1-5-17-9-13-8-12(2)6-7-14(13)18-10-15(19-3)16(11-18)20-4/h6-8,15-17H,5,9-11H2,1-4H3. The molecule has 2 unspecified atom stereocenters. The summed E-state index contributed by atoms with van der Waals surface area (Å²) in [6, 6.07) is 6.65. The summed E-state index contributed by atoms with van der Waals surface area (Å²) in [5, 5.41) is 3.42. The monoisotopic (exact) mass is 278 g/mol. The molecule has 0 aliphatic carbocycles. The zero-order valence-electron chi connectivity index (χ0n) is 13.0. The maximum atomic E-state index is 5.53. The van der Waals surface area contributed by atoms with Crippen LogP contribution in [0.2, 0.25) is 0 Å². The Morgan fingerprint density at radius 1 is 1.20 bits per heavy atom. The van der Waals surface area contributed by atoms with Gasteiger partial charge in [-0.05, 0) is 25.1 Å². The Morgan fingerprint density at radius 2 is 1.85 bits per heavy atom. The van der Waals surface area contributed by atoms with Crippen LogP contribution in [0.5, 0.6) is 0 Å². The average Bonchev–Trinajstić information content (AvgIpc) is 2.88. The third-order valence-electron chi connectivity index (χ3n) is 3.96. The van der Waals surface area contributed by atoms with Crippen molar-refractivity contribution in [3.8, 4) is 0 Å². The molecule has 4 heteroatoms. The molecule has 20 heavy (non-hydrogen) atoms. The zero-order valence-corrected chi connectivity index (χ0v) is 13.0. The first-order valence-corrected chi connectivity index (χ1v) is 7.30. The summed E-state index contributed by atoms with van der Waals surface area (Å²) in [5.41, 5.74) is 3.93. The van der Waals surface area contributed by atoms with Gasteiger partial charge in [0, 0.05) is 39.5 Å². The van der Waals surface area contributed by atoms with E-state index in [0.29, 0.717) is 0 Å². The summed E-state index contributed by atoms with van der Waals surface area (Å²) in [6.07, 6.45) is 0.293. The first-order chi connectivity index (χ1) is 9.69. The minimum absolute atomic E-state index is 0.147. The molecule has 2 rings (SSSR count). The van der Waals surface area contributed by atoms with Gasteiger partial charge in [0.05, 0.1) is 0 Å². The van der Waals surface area contributed by atoms with Crippen LogP contribution in [0.4, 0.5) is 5.69 Å². The Bertz CT molecular complexity index is 424. The molecule has 0 spiro atoms. The maximum Gasteiger partial charge on any atom is 0.102 e. The minimum Gasteiger partial charge on any atom is -0.377 e. The molecule has 1 fully saturated rings. The van der Waals surface area contributed by atoms with Gasteiger partial charge in [0.15, 0.2) is 0 Å². The number of anilines is 1. The summed E-state index contributed by atoms with van der Waals surface area (Å²) in [5.74, 6) is 0. The summed E-state index contributed by atoms with van der Waals surface area (Å²) in [6.45, 7) is 7.93. The van der Waals surface area contributed by atoms with Crippen molar-refractivity contribution in [3.63, 3.8) is 0 Å². The molecule has 1 aromatic carbocycles. The normalized spacial score (nSPS) is 22.5. The van der Waals surface area contributed by atoms with Crippen molar-refractivity contribution in [1.82, 2.24) is 5.32 Å². The molecule has 0 saturated carbocycles. The highest BCUT2D eigenvalue weighted by Crippen LogP contribution is 2.27. The Morgan fingerprint density at radius 3 is 2.40 bits per heavy atom. The number of hydrogen-bond acceptors (Lipinski definition) is 4. The first-order valence-electron chi connectivity index (χ1n) is 7.30. The lowest BCUT2D eigenvalue weighted by molar-refractivity contribution is -0.00461. The molecule has 0 amide bonds. The van der Waals surface area contributed by atoms with Gasteiger partial charge in [0.2, 0.25) is 0 Å². The summed E-state index contributed by atoms with van der Waals surface area (Å²) in [7, 11) is 3.52. The number of rotatable bonds is 6. The van der Waals surface area contributed by atoms with Crippen molar-refractivity contribution in [2.75, 3.05) is 38.8 Å². The van der Waals surface area contributed by atoms with Crippen LogP contribution >= 0.6 is 0 Å². The summed E-state index contributed by atoms with van der Waals surface area (Å²) >= 11 is 0. The number of nitrogens with zero attached hydrogens (tertiary/aromatic N) is 1. The summed E-state index contributed by atoms with van der Waals surface area (Å²) < 4.78 is 11.1. The van der Waals surface area contributed by atoms with Gasteiger partial charge in [-0.1, -0.05) is 24.6 Å². The maximum absolute atomic E-state index is 5.53. The topological polar surface area (TPSA) is 33.7 Å². The fraction of sp³-hybridized carbons (Fsp3) is 0.625. The number of benzene rings is 1. The van der Waals surface area contributed by atoms with Gasteiger partial charge in [-0.3, -0.25) is 0 Å². The van der Waals surface area contributed by atoms with Crippen molar-refractivity contribution in [1.29, 1.82) is 0 Å². The van der Waals surface area contributed by atoms with Crippen LogP contribution in [0.15, 0.2) is 18.2 Å². The Balaban J connectivity index is 2.19. The van der Waals surface area contributed by atoms with E-state index in [1.165, 1.54) is 16.8 Å². The van der Waals surface area contributed by atoms with E-state index in [-0.39, 0.29) is 12.2 Å². The Labute approximate surface area is 122 Å². The van der Waals surface area contributed by atoms with Crippen LogP contribution in [-0.4, -0.2) is 46.1 Å². The average molecular weight is 278 g/mol. The second-order valence-corrected chi connectivity index (χ2v) is 5.37. The van der Waals surface area contributed by atoms with Crippen molar-refractivity contribution in [2.45, 2.75) is 32.6 Å². The van der Waals surface area contributed by atoms with Crippen molar-refractivity contribution in [3.05, 3.63) is 29.3 Å². The van der Waals surface area contributed by atoms with Gasteiger partial charge in [0.25, 0.3) is 0 Å². The first kappa shape index (κ1) is 15.3. The number of nitrogens with one attached hydrogen (secondary N) is 1. The predicted octanol–water partition coefficient (Wildman–Crippen LogP) is 1.95. The molecule has 1 saturated heterocycles. The number of hydrogen-bond donors (Lipinski definition) is 1. The van der Waals surface area contributed by atoms with E-state index in [9.17, 15) is 0 Å². The van der Waals surface area contributed by atoms with Crippen LogP contribution in [-0.2, 0) is 16.0 Å². The van der Waals surface area contributed by atoms with Gasteiger partial charge in [-0.15, -0.1) is 0 Å². The predicted molar refractivity (Wildman–Crippen MR) is 82.4 cm³/mol. The quantitative estimate of drug-likeness (QED) is 0.862. The van der Waals surface area contributed by atoms with Crippen LogP contribution in [0.25, 0.3) is 0 Å². The second-order valence-electron chi connectivity index (χ2n) is 5.37. The van der Waals surface area contributed by atoms with Gasteiger partial charge in [0.1, 0.15) is 12.2 Å². The highest BCUT2D eigenvalue weighted by atomic mass is 16.5. The number of ether oxygens (including phenoxy) is 2. The zero-order chi connectivity index (χ0) is 14.5. The van der Waals surface area contributed by atoms with E-state index in [1.807, 2.05) is 0 Å². The van der Waals surface area contributed by atoms with Gasteiger partial charge >= 0.3 is 0 Å². The molecule has 0 bridgehead atoms. The number of aryl methyl sites for hydroxylation is 1. The van der Waals surface area contributed by atoms with E-state index >= 15 is 0 Å². The molecule has 0 aromatic heterocycles. The van der Waals surface area contributed by atoms with Crippen LogP contribution < -0.4 is 10.2 Å². The fourth-order valence-electron chi connectivity index (χ4n) is 2.82. The lowest BCUT2D eigenvalue weighted by Crippen LogP contribution is -2.27. The van der Waals surface area contributed by atoms with E-state index in [2.05, 4.69) is 42.3 Å². The fourth-order valence-corrected chi connectivity index (χ4v) is 2.82. The van der Waals surface area contributed by atoms with E-state index in [0.717, 1.165) is 26.2 Å². The molecule has 1 aromatic rings. The lowest BCUT2D eigenvalue weighted by atomic mass is 10.1. The van der Waals surface area contributed by atoms with E-state index in [1.54, 1.807) is 14.2 Å². The molecule has 1 N–H and O–H groups in total. The van der Waals surface area contributed by atoms with Crippen molar-refractivity contribution >= 4 is 5.69 Å². The molecule has 1 heterocycles. The van der Waals surface area contributed by atoms with Crippen LogP contribution in [0.3, 0.4) is 0 Å². The third-order valence-corrected chi connectivity index (χ3v) is 3.96. The third kappa shape index (κ3) is 3.32. The molecule has 112 valence electrons. The minimum atomic E-state index is 0.147. The van der Waals surface area contributed by atoms with E-state index < -0.39 is 0 Å². The van der Waals surface area contributed by atoms with Gasteiger partial charge in [-0.25, -0.2) is 0 Å². The molecular weight excluding hydrogens is 252 g/mol. The molecule has 2 atom stereocenters. The van der Waals surface area contributed by atoms with Crippen molar-refractivity contribution in [2.24, 2.45) is 0 Å². The van der Waals surface area contributed by atoms with Crippen LogP contribution in [0.1, 0.15) is 18.1 Å². The molecule has 1 aliphatic heterocycles.